The third-order valence-electron chi connectivity index (χ3n) is 1.50. The van der Waals surface area contributed by atoms with Crippen molar-refractivity contribution in [3.8, 4) is 6.07 Å². The van der Waals surface area contributed by atoms with Gasteiger partial charge in [0.25, 0.3) is 0 Å². The summed E-state index contributed by atoms with van der Waals surface area (Å²) in [6.07, 6.45) is 2.89. The lowest BCUT2D eigenvalue weighted by atomic mass is 10.2. The Balaban J connectivity index is 2.71. The van der Waals surface area contributed by atoms with E-state index >= 15 is 0 Å². The van der Waals surface area contributed by atoms with Crippen LogP contribution in [0.5, 0.6) is 0 Å². The molecule has 0 aliphatic rings. The van der Waals surface area contributed by atoms with Gasteiger partial charge in [0.15, 0.2) is 0 Å². The van der Waals surface area contributed by atoms with Gasteiger partial charge in [-0.25, -0.2) is 4.79 Å². The van der Waals surface area contributed by atoms with E-state index in [0.717, 1.165) is 0 Å². The third kappa shape index (κ3) is 3.43. The summed E-state index contributed by atoms with van der Waals surface area (Å²) < 4.78 is 6.53. The molecule has 0 N–H and O–H groups in total. The Morgan fingerprint density at radius 2 is 2.33 bits per heavy atom. The lowest BCUT2D eigenvalue weighted by Gasteiger charge is -2.18. The summed E-state index contributed by atoms with van der Waals surface area (Å²) in [5.41, 5.74) is -0.158. The van der Waals surface area contributed by atoms with Gasteiger partial charge in [-0.2, -0.15) is 10.4 Å². The number of nitrogens with zero attached hydrogens (tertiary/aromatic N) is 3. The molecule has 1 heterocycles. The van der Waals surface area contributed by atoms with Crippen LogP contribution in [0.15, 0.2) is 12.4 Å². The highest BCUT2D eigenvalue weighted by Crippen LogP contribution is 2.11. The van der Waals surface area contributed by atoms with Gasteiger partial charge in [0.1, 0.15) is 12.1 Å². The lowest BCUT2D eigenvalue weighted by molar-refractivity contribution is 0.00694. The lowest BCUT2D eigenvalue weighted by Crippen LogP contribution is -2.23. The van der Waals surface area contributed by atoms with Crippen molar-refractivity contribution in [3.63, 3.8) is 0 Å². The molecule has 0 fully saturated rings. The van der Waals surface area contributed by atoms with Crippen LogP contribution in [0.3, 0.4) is 0 Å². The second kappa shape index (κ2) is 4.13. The first-order valence-electron chi connectivity index (χ1n) is 4.55. The highest BCUT2D eigenvalue weighted by atomic mass is 16.6. The molecule has 1 aromatic rings. The Bertz CT molecular complexity index is 396. The van der Waals surface area contributed by atoms with Gasteiger partial charge in [0.2, 0.25) is 0 Å². The van der Waals surface area contributed by atoms with Crippen LogP contribution in [0, 0.1) is 11.3 Å². The minimum atomic E-state index is -0.519. The molecular formula is C10H13N3O2. The number of esters is 1. The molecule has 80 valence electrons. The van der Waals surface area contributed by atoms with Crippen LogP contribution in [-0.2, 0) is 11.3 Å². The van der Waals surface area contributed by atoms with Crippen molar-refractivity contribution in [2.45, 2.75) is 32.9 Å². The summed E-state index contributed by atoms with van der Waals surface area (Å²) in [5, 5.41) is 12.3. The van der Waals surface area contributed by atoms with Crippen LogP contribution in [0.2, 0.25) is 0 Å². The van der Waals surface area contributed by atoms with Crippen LogP contribution < -0.4 is 0 Å². The average Bonchev–Trinajstić information content (AvgIpc) is 2.50. The molecule has 5 nitrogen and oxygen atoms in total. The number of hydrogen-bond donors (Lipinski definition) is 0. The van der Waals surface area contributed by atoms with Gasteiger partial charge in [-0.05, 0) is 20.8 Å². The topological polar surface area (TPSA) is 67.9 Å². The monoisotopic (exact) mass is 207 g/mol. The maximum atomic E-state index is 11.5. The summed E-state index contributed by atoms with van der Waals surface area (Å²) in [6, 6.07) is 1.93. The summed E-state index contributed by atoms with van der Waals surface area (Å²) in [7, 11) is 0. The summed E-state index contributed by atoms with van der Waals surface area (Å²) in [4.78, 5) is 11.5. The summed E-state index contributed by atoms with van der Waals surface area (Å²) in [5.74, 6) is -0.424. The number of hydrogen-bond acceptors (Lipinski definition) is 4. The van der Waals surface area contributed by atoms with Gasteiger partial charge < -0.3 is 4.74 Å². The first kappa shape index (κ1) is 11.2. The van der Waals surface area contributed by atoms with Crippen molar-refractivity contribution in [1.82, 2.24) is 9.78 Å². The van der Waals surface area contributed by atoms with Gasteiger partial charge in [-0.15, -0.1) is 0 Å². The van der Waals surface area contributed by atoms with E-state index < -0.39 is 11.6 Å². The average molecular weight is 207 g/mol. The minimum Gasteiger partial charge on any atom is -0.456 e. The van der Waals surface area contributed by atoms with Crippen molar-refractivity contribution < 1.29 is 9.53 Å². The molecule has 15 heavy (non-hydrogen) atoms. The zero-order valence-electron chi connectivity index (χ0n) is 9.02. The second-order valence-electron chi connectivity index (χ2n) is 4.09. The van der Waals surface area contributed by atoms with Crippen LogP contribution in [-0.4, -0.2) is 21.4 Å². The van der Waals surface area contributed by atoms with Crippen molar-refractivity contribution in [1.29, 1.82) is 5.26 Å². The minimum absolute atomic E-state index is 0.128. The quantitative estimate of drug-likeness (QED) is 0.687. The second-order valence-corrected chi connectivity index (χ2v) is 4.09. The molecule has 0 amide bonds. The highest BCUT2D eigenvalue weighted by Gasteiger charge is 2.18. The van der Waals surface area contributed by atoms with Gasteiger partial charge in [0.05, 0.1) is 17.8 Å². The van der Waals surface area contributed by atoms with Crippen molar-refractivity contribution >= 4 is 5.97 Å². The zero-order valence-corrected chi connectivity index (χ0v) is 9.02. The SMILES string of the molecule is CC(C)(C)OC(=O)c1cnn(CC#N)c1. The number of aromatic nitrogens is 2. The number of carbonyl (C=O) groups excluding carboxylic acids is 1. The van der Waals surface area contributed by atoms with E-state index in [1.54, 1.807) is 20.8 Å². The van der Waals surface area contributed by atoms with E-state index in [0.29, 0.717) is 5.56 Å². The van der Waals surface area contributed by atoms with Gasteiger partial charge in [-0.1, -0.05) is 0 Å². The standard InChI is InChI=1S/C10H13N3O2/c1-10(2,3)15-9(14)8-6-12-13(7-8)5-4-11/h6-7H,5H2,1-3H3. The molecule has 0 bridgehead atoms. The Hall–Kier alpha value is -1.83. The van der Waals surface area contributed by atoms with Crippen LogP contribution in [0.1, 0.15) is 31.1 Å². The van der Waals surface area contributed by atoms with Crippen LogP contribution >= 0.6 is 0 Å². The smallest absolute Gasteiger partial charge is 0.341 e. The van der Waals surface area contributed by atoms with Crippen molar-refractivity contribution in [3.05, 3.63) is 18.0 Å². The number of ether oxygens (including phenoxy) is 1. The van der Waals surface area contributed by atoms with Crippen LogP contribution in [0.25, 0.3) is 0 Å². The molecule has 1 rings (SSSR count). The summed E-state index contributed by atoms with van der Waals surface area (Å²) in [6.45, 7) is 5.52. The number of rotatable bonds is 2. The van der Waals surface area contributed by atoms with E-state index in [9.17, 15) is 4.79 Å². The first-order valence-corrected chi connectivity index (χ1v) is 4.55. The fourth-order valence-electron chi connectivity index (χ4n) is 0.965. The van der Waals surface area contributed by atoms with Gasteiger partial charge >= 0.3 is 5.97 Å². The molecular weight excluding hydrogens is 194 g/mol. The Kier molecular flexibility index (Phi) is 3.10. The largest absolute Gasteiger partial charge is 0.456 e. The Morgan fingerprint density at radius 3 is 2.87 bits per heavy atom. The zero-order chi connectivity index (χ0) is 11.5. The molecule has 0 saturated carbocycles. The predicted octanol–water partition coefficient (Wildman–Crippen LogP) is 1.36. The molecule has 1 aromatic heterocycles. The van der Waals surface area contributed by atoms with Crippen molar-refractivity contribution in [2.24, 2.45) is 0 Å². The fraction of sp³-hybridized carbons (Fsp3) is 0.500. The third-order valence-corrected chi connectivity index (χ3v) is 1.50. The summed E-state index contributed by atoms with van der Waals surface area (Å²) >= 11 is 0. The Labute approximate surface area is 88.3 Å². The molecule has 0 radical (unpaired) electrons. The first-order chi connectivity index (χ1) is 6.92. The van der Waals surface area contributed by atoms with Gasteiger partial charge in [-0.3, -0.25) is 4.68 Å². The molecule has 0 aliphatic carbocycles. The van der Waals surface area contributed by atoms with Gasteiger partial charge in [0, 0.05) is 6.20 Å². The predicted molar refractivity (Wildman–Crippen MR) is 53.0 cm³/mol. The Morgan fingerprint density at radius 1 is 1.67 bits per heavy atom. The van der Waals surface area contributed by atoms with E-state index in [-0.39, 0.29) is 6.54 Å². The molecule has 0 saturated heterocycles. The molecule has 0 spiro atoms. The number of carbonyl (C=O) groups is 1. The van der Waals surface area contributed by atoms with E-state index in [4.69, 9.17) is 10.00 Å². The normalized spacial score (nSPS) is 10.8. The maximum Gasteiger partial charge on any atom is 0.341 e. The number of nitriles is 1. The molecule has 5 heteroatoms. The molecule has 0 aromatic carbocycles. The van der Waals surface area contributed by atoms with E-state index in [2.05, 4.69) is 5.10 Å². The molecule has 0 unspecified atom stereocenters. The van der Waals surface area contributed by atoms with E-state index in [1.807, 2.05) is 6.07 Å². The molecule has 0 aliphatic heterocycles. The van der Waals surface area contributed by atoms with Crippen LogP contribution in [0.4, 0.5) is 0 Å². The fourth-order valence-corrected chi connectivity index (χ4v) is 0.965. The van der Waals surface area contributed by atoms with Crippen molar-refractivity contribution in [2.75, 3.05) is 0 Å². The maximum absolute atomic E-state index is 11.5. The molecule has 0 atom stereocenters. The van der Waals surface area contributed by atoms with E-state index in [1.165, 1.54) is 17.1 Å². The highest BCUT2D eigenvalue weighted by molar-refractivity contribution is 5.89.